The first-order valence-electron chi connectivity index (χ1n) is 5.33. The third kappa shape index (κ3) is 4.55. The van der Waals surface area contributed by atoms with Crippen molar-refractivity contribution in [3.63, 3.8) is 0 Å². The Morgan fingerprint density at radius 3 is 2.41 bits per heavy atom. The molecule has 0 aromatic heterocycles. The minimum atomic E-state index is -1.10. The number of rotatable bonds is 4. The number of benzene rings is 1. The summed E-state index contributed by atoms with van der Waals surface area (Å²) in [6, 6.07) is 6.86. The van der Waals surface area contributed by atoms with Gasteiger partial charge in [-0.3, -0.25) is 4.79 Å². The van der Waals surface area contributed by atoms with E-state index in [-0.39, 0.29) is 18.5 Å². The molecule has 0 bridgehead atoms. The minimum Gasteiger partial charge on any atom is -0.465 e. The lowest BCUT2D eigenvalue weighted by Gasteiger charge is -2.12. The number of amides is 2. The number of nitrogens with one attached hydrogen (secondary N) is 2. The Kier molecular flexibility index (Phi) is 4.51. The van der Waals surface area contributed by atoms with Crippen LogP contribution in [0.1, 0.15) is 22.8 Å². The van der Waals surface area contributed by atoms with Gasteiger partial charge in [-0.25, -0.2) is 4.79 Å². The molecule has 0 saturated heterocycles. The van der Waals surface area contributed by atoms with Gasteiger partial charge in [0.05, 0.1) is 0 Å². The molecule has 0 fully saturated rings. The number of hydrogen-bond donors (Lipinski definition) is 3. The molecule has 3 N–H and O–H groups in total. The summed E-state index contributed by atoms with van der Waals surface area (Å²) in [6.45, 7) is 3.89. The van der Waals surface area contributed by atoms with E-state index < -0.39 is 6.09 Å². The zero-order valence-electron chi connectivity index (χ0n) is 9.86. The van der Waals surface area contributed by atoms with Crippen LogP contribution < -0.4 is 10.6 Å². The fraction of sp³-hybridized carbons (Fsp3) is 0.333. The number of carbonyl (C=O) groups is 2. The molecule has 5 heteroatoms. The van der Waals surface area contributed by atoms with Crippen LogP contribution in [0, 0.1) is 6.92 Å². The summed E-state index contributed by atoms with van der Waals surface area (Å²) < 4.78 is 0. The molecule has 1 rings (SSSR count). The molecule has 5 nitrogen and oxygen atoms in total. The van der Waals surface area contributed by atoms with Gasteiger partial charge in [-0.1, -0.05) is 17.7 Å². The molecule has 0 radical (unpaired) electrons. The molecule has 0 aliphatic rings. The third-order valence-electron chi connectivity index (χ3n) is 2.25. The van der Waals surface area contributed by atoms with Crippen LogP contribution in [-0.4, -0.2) is 29.7 Å². The largest absolute Gasteiger partial charge is 0.465 e. The van der Waals surface area contributed by atoms with Gasteiger partial charge in [0.25, 0.3) is 5.91 Å². The maximum Gasteiger partial charge on any atom is 0.404 e. The maximum atomic E-state index is 11.7. The highest BCUT2D eigenvalue weighted by atomic mass is 16.4. The van der Waals surface area contributed by atoms with Crippen LogP contribution in [0.5, 0.6) is 0 Å². The van der Waals surface area contributed by atoms with E-state index in [2.05, 4.69) is 10.6 Å². The van der Waals surface area contributed by atoms with Crippen LogP contribution >= 0.6 is 0 Å². The summed E-state index contributed by atoms with van der Waals surface area (Å²) in [5.74, 6) is -0.205. The topological polar surface area (TPSA) is 78.4 Å². The third-order valence-corrected chi connectivity index (χ3v) is 2.25. The van der Waals surface area contributed by atoms with Crippen LogP contribution in [0.15, 0.2) is 24.3 Å². The molecule has 1 aromatic carbocycles. The highest BCUT2D eigenvalue weighted by Gasteiger charge is 2.08. The van der Waals surface area contributed by atoms with E-state index in [4.69, 9.17) is 5.11 Å². The second kappa shape index (κ2) is 5.89. The van der Waals surface area contributed by atoms with E-state index in [1.807, 2.05) is 19.1 Å². The molecular formula is C12H16N2O3. The molecular weight excluding hydrogens is 220 g/mol. The van der Waals surface area contributed by atoms with E-state index >= 15 is 0 Å². The van der Waals surface area contributed by atoms with Gasteiger partial charge in [0, 0.05) is 18.2 Å². The lowest BCUT2D eigenvalue weighted by Crippen LogP contribution is -2.41. The quantitative estimate of drug-likeness (QED) is 0.739. The van der Waals surface area contributed by atoms with Gasteiger partial charge in [0.1, 0.15) is 0 Å². The predicted octanol–water partition coefficient (Wildman–Crippen LogP) is 1.38. The predicted molar refractivity (Wildman–Crippen MR) is 64.1 cm³/mol. The highest BCUT2D eigenvalue weighted by molar-refractivity contribution is 5.94. The van der Waals surface area contributed by atoms with Crippen molar-refractivity contribution in [1.29, 1.82) is 0 Å². The molecule has 2 amide bonds. The number of carboxylic acid groups (broad SMARTS) is 1. The molecule has 1 atom stereocenters. The first-order valence-corrected chi connectivity index (χ1v) is 5.33. The molecule has 0 spiro atoms. The second-order valence-corrected chi connectivity index (χ2v) is 3.93. The lowest BCUT2D eigenvalue weighted by molar-refractivity contribution is 0.0949. The Bertz CT molecular complexity index is 401. The molecule has 0 aliphatic carbocycles. The standard InChI is InChI=1S/C12H16N2O3/c1-8-3-5-10(6-4-8)11(15)13-7-9(2)14-12(16)17/h3-6,9,14H,7H2,1-2H3,(H,13,15)(H,16,17)/t9-/m0/s1. The number of aryl methyl sites for hydroxylation is 1. The molecule has 0 unspecified atom stereocenters. The average Bonchev–Trinajstić information content (AvgIpc) is 2.26. The first kappa shape index (κ1) is 13.0. The molecule has 0 heterocycles. The summed E-state index contributed by atoms with van der Waals surface area (Å²) in [6.07, 6.45) is -1.10. The van der Waals surface area contributed by atoms with Crippen molar-refractivity contribution < 1.29 is 14.7 Å². The summed E-state index contributed by atoms with van der Waals surface area (Å²) in [4.78, 5) is 22.0. The summed E-state index contributed by atoms with van der Waals surface area (Å²) >= 11 is 0. The van der Waals surface area contributed by atoms with Gasteiger partial charge >= 0.3 is 6.09 Å². The highest BCUT2D eigenvalue weighted by Crippen LogP contribution is 2.02. The van der Waals surface area contributed by atoms with E-state index in [0.717, 1.165) is 5.56 Å². The molecule has 0 saturated carbocycles. The zero-order valence-corrected chi connectivity index (χ0v) is 9.86. The van der Waals surface area contributed by atoms with Gasteiger partial charge in [-0.2, -0.15) is 0 Å². The monoisotopic (exact) mass is 236 g/mol. The van der Waals surface area contributed by atoms with Crippen molar-refractivity contribution in [3.8, 4) is 0 Å². The Morgan fingerprint density at radius 1 is 1.29 bits per heavy atom. The van der Waals surface area contributed by atoms with Gasteiger partial charge in [-0.05, 0) is 26.0 Å². The van der Waals surface area contributed by atoms with Crippen LogP contribution in [-0.2, 0) is 0 Å². The SMILES string of the molecule is Cc1ccc(C(=O)NC[C@H](C)NC(=O)O)cc1. The number of carbonyl (C=O) groups excluding carboxylic acids is 1. The van der Waals surface area contributed by atoms with Crippen molar-refractivity contribution in [3.05, 3.63) is 35.4 Å². The van der Waals surface area contributed by atoms with Crippen LogP contribution in [0.25, 0.3) is 0 Å². The fourth-order valence-corrected chi connectivity index (χ4v) is 1.31. The summed E-state index contributed by atoms with van der Waals surface area (Å²) in [7, 11) is 0. The molecule has 0 aliphatic heterocycles. The maximum absolute atomic E-state index is 11.7. The molecule has 17 heavy (non-hydrogen) atoms. The fourth-order valence-electron chi connectivity index (χ4n) is 1.31. The molecule has 1 aromatic rings. The summed E-state index contributed by atoms with van der Waals surface area (Å²) in [5.41, 5.74) is 1.65. The van der Waals surface area contributed by atoms with Gasteiger partial charge in [-0.15, -0.1) is 0 Å². The Labute approximate surface area is 99.8 Å². The normalized spacial score (nSPS) is 11.6. The van der Waals surface area contributed by atoms with Crippen molar-refractivity contribution >= 4 is 12.0 Å². The van der Waals surface area contributed by atoms with Crippen molar-refractivity contribution in [2.75, 3.05) is 6.54 Å². The van der Waals surface area contributed by atoms with Crippen molar-refractivity contribution in [2.45, 2.75) is 19.9 Å². The average molecular weight is 236 g/mol. The lowest BCUT2D eigenvalue weighted by atomic mass is 10.1. The van der Waals surface area contributed by atoms with E-state index in [1.54, 1.807) is 19.1 Å². The van der Waals surface area contributed by atoms with Crippen LogP contribution in [0.2, 0.25) is 0 Å². The van der Waals surface area contributed by atoms with Gasteiger partial charge in [0.15, 0.2) is 0 Å². The van der Waals surface area contributed by atoms with E-state index in [1.165, 1.54) is 0 Å². The first-order chi connectivity index (χ1) is 7.99. The summed E-state index contributed by atoms with van der Waals surface area (Å²) in [5, 5.41) is 13.4. The minimum absolute atomic E-state index is 0.205. The van der Waals surface area contributed by atoms with E-state index in [9.17, 15) is 9.59 Å². The van der Waals surface area contributed by atoms with Crippen molar-refractivity contribution in [1.82, 2.24) is 10.6 Å². The second-order valence-electron chi connectivity index (χ2n) is 3.93. The Hall–Kier alpha value is -2.04. The van der Waals surface area contributed by atoms with Crippen molar-refractivity contribution in [2.24, 2.45) is 0 Å². The van der Waals surface area contributed by atoms with Gasteiger partial charge in [0.2, 0.25) is 0 Å². The Morgan fingerprint density at radius 2 is 1.88 bits per heavy atom. The smallest absolute Gasteiger partial charge is 0.404 e. The van der Waals surface area contributed by atoms with Crippen LogP contribution in [0.3, 0.4) is 0 Å². The van der Waals surface area contributed by atoms with Gasteiger partial charge < -0.3 is 15.7 Å². The van der Waals surface area contributed by atoms with Crippen LogP contribution in [0.4, 0.5) is 4.79 Å². The Balaban J connectivity index is 2.44. The zero-order chi connectivity index (χ0) is 12.8. The molecule has 92 valence electrons. The number of hydrogen-bond acceptors (Lipinski definition) is 2. The van der Waals surface area contributed by atoms with E-state index in [0.29, 0.717) is 5.56 Å².